The molecule has 8 heteroatoms. The molecule has 4 rings (SSSR count). The van der Waals surface area contributed by atoms with Gasteiger partial charge in [0.1, 0.15) is 11.4 Å². The van der Waals surface area contributed by atoms with Crippen LogP contribution in [-0.4, -0.2) is 40.2 Å². The Morgan fingerprint density at radius 3 is 2.59 bits per heavy atom. The minimum atomic E-state index is -0.895. The smallest absolute Gasteiger partial charge is 0.203 e. The average molecular weight is 428 g/mol. The molecule has 0 atom stereocenters. The summed E-state index contributed by atoms with van der Waals surface area (Å²) >= 11 is 0. The molecule has 3 aromatic heterocycles. The van der Waals surface area contributed by atoms with Crippen LogP contribution in [0.1, 0.15) is 30.7 Å². The Kier molecular flexibility index (Phi) is 5.79. The van der Waals surface area contributed by atoms with Gasteiger partial charge in [0, 0.05) is 49.3 Å². The molecule has 0 amide bonds. The average Bonchev–Trinajstić information content (AvgIpc) is 3.20. The maximum Gasteiger partial charge on any atom is 0.203 e. The van der Waals surface area contributed by atoms with Crippen LogP contribution in [0.5, 0.6) is 0 Å². The fourth-order valence-corrected chi connectivity index (χ4v) is 3.13. The maximum atomic E-state index is 12.4. The predicted octanol–water partition coefficient (Wildman–Crippen LogP) is 2.80. The van der Waals surface area contributed by atoms with Gasteiger partial charge in [0.15, 0.2) is 5.82 Å². The van der Waals surface area contributed by atoms with E-state index in [2.05, 4.69) is 20.2 Å². The minimum Gasteiger partial charge on any atom is -0.386 e. The highest BCUT2D eigenvalue weighted by molar-refractivity contribution is 5.58. The molecule has 0 aliphatic rings. The first kappa shape index (κ1) is 21.3. The quantitative estimate of drug-likeness (QED) is 0.507. The molecule has 0 saturated heterocycles. The van der Waals surface area contributed by atoms with Crippen molar-refractivity contribution < 1.29 is 5.11 Å². The van der Waals surface area contributed by atoms with Crippen LogP contribution in [0.4, 0.5) is 0 Å². The van der Waals surface area contributed by atoms with Crippen LogP contribution < -0.4 is 5.43 Å². The molecule has 1 aromatic carbocycles. The van der Waals surface area contributed by atoms with Crippen LogP contribution in [0, 0.1) is 0 Å². The highest BCUT2D eigenvalue weighted by Gasteiger charge is 2.09. The monoisotopic (exact) mass is 428 g/mol. The molecular weight excluding hydrogens is 404 g/mol. The third-order valence-electron chi connectivity index (χ3n) is 4.75. The predicted molar refractivity (Wildman–Crippen MR) is 122 cm³/mol. The van der Waals surface area contributed by atoms with Crippen LogP contribution in [0.3, 0.4) is 0 Å². The summed E-state index contributed by atoms with van der Waals surface area (Å²) in [7, 11) is 1.83. The Balaban J connectivity index is 1.56. The van der Waals surface area contributed by atoms with E-state index in [4.69, 9.17) is 0 Å². The van der Waals surface area contributed by atoms with Crippen molar-refractivity contribution in [1.29, 1.82) is 0 Å². The van der Waals surface area contributed by atoms with E-state index in [-0.39, 0.29) is 5.43 Å². The topological polar surface area (TPSA) is 98.7 Å². The highest BCUT2D eigenvalue weighted by Crippen LogP contribution is 2.18. The molecular formula is C24H24N6O2. The van der Waals surface area contributed by atoms with Crippen LogP contribution >= 0.6 is 0 Å². The van der Waals surface area contributed by atoms with Gasteiger partial charge in [0.05, 0.1) is 18.0 Å². The van der Waals surface area contributed by atoms with Crippen molar-refractivity contribution in [3.63, 3.8) is 0 Å². The van der Waals surface area contributed by atoms with Gasteiger partial charge in [0.25, 0.3) is 0 Å². The standard InChI is InChI=1S/C24H24N6O2/c1-24(2,32)9-7-18-13-25-23(26-14-18)19-6-4-5-17(11-19)12-21-22(31)8-10-30(28-21)20-15-27-29(3)16-20/h4-11,13-16,32H,12H2,1-3H3. The number of hydrogen-bond donors (Lipinski definition) is 1. The van der Waals surface area contributed by atoms with Gasteiger partial charge in [-0.1, -0.05) is 30.4 Å². The van der Waals surface area contributed by atoms with E-state index < -0.39 is 5.60 Å². The summed E-state index contributed by atoms with van der Waals surface area (Å²) in [5.74, 6) is 0.584. The lowest BCUT2D eigenvalue weighted by Crippen LogP contribution is -2.16. The number of benzene rings is 1. The molecule has 0 radical (unpaired) electrons. The number of hydrogen-bond acceptors (Lipinski definition) is 6. The lowest BCUT2D eigenvalue weighted by atomic mass is 10.1. The Morgan fingerprint density at radius 1 is 1.12 bits per heavy atom. The van der Waals surface area contributed by atoms with Gasteiger partial charge in [-0.25, -0.2) is 14.6 Å². The Morgan fingerprint density at radius 2 is 1.91 bits per heavy atom. The molecule has 0 spiro atoms. The van der Waals surface area contributed by atoms with E-state index in [1.165, 1.54) is 6.07 Å². The molecule has 1 N–H and O–H groups in total. The second-order valence-corrected chi connectivity index (χ2v) is 8.15. The largest absolute Gasteiger partial charge is 0.386 e. The zero-order valence-corrected chi connectivity index (χ0v) is 18.2. The van der Waals surface area contributed by atoms with Gasteiger partial charge in [-0.05, 0) is 25.5 Å². The van der Waals surface area contributed by atoms with Crippen LogP contribution in [-0.2, 0) is 13.5 Å². The zero-order chi connectivity index (χ0) is 22.7. The Labute approximate surface area is 185 Å². The fourth-order valence-electron chi connectivity index (χ4n) is 3.13. The number of aliphatic hydroxyl groups is 1. The molecule has 0 aliphatic heterocycles. The van der Waals surface area contributed by atoms with Crippen molar-refractivity contribution in [2.24, 2.45) is 7.05 Å². The second-order valence-electron chi connectivity index (χ2n) is 8.15. The van der Waals surface area contributed by atoms with E-state index in [9.17, 15) is 9.90 Å². The summed E-state index contributed by atoms with van der Waals surface area (Å²) in [6.45, 7) is 3.41. The summed E-state index contributed by atoms with van der Waals surface area (Å²) in [6, 6.07) is 9.27. The molecule has 0 aliphatic carbocycles. The van der Waals surface area contributed by atoms with Crippen molar-refractivity contribution in [3.8, 4) is 17.1 Å². The van der Waals surface area contributed by atoms with Crippen molar-refractivity contribution >= 4 is 6.08 Å². The number of rotatable bonds is 6. The Bertz CT molecular complexity index is 1310. The molecule has 0 saturated carbocycles. The normalized spacial score (nSPS) is 11.9. The second kappa shape index (κ2) is 8.68. The summed E-state index contributed by atoms with van der Waals surface area (Å²) in [5, 5.41) is 18.5. The van der Waals surface area contributed by atoms with Crippen molar-refractivity contribution in [3.05, 3.63) is 94.4 Å². The van der Waals surface area contributed by atoms with E-state index in [0.717, 1.165) is 22.4 Å². The molecule has 0 unspecified atom stereocenters. The van der Waals surface area contributed by atoms with E-state index >= 15 is 0 Å². The molecule has 0 bridgehead atoms. The number of nitrogens with zero attached hydrogens (tertiary/aromatic N) is 6. The van der Waals surface area contributed by atoms with Crippen molar-refractivity contribution in [1.82, 2.24) is 29.5 Å². The molecule has 8 nitrogen and oxygen atoms in total. The SMILES string of the molecule is Cn1cc(-n2ccc(=O)c(Cc3cccc(-c4ncc(C=CC(C)(C)O)cn4)c3)n2)cn1. The molecule has 4 aromatic rings. The molecule has 3 heterocycles. The van der Waals surface area contributed by atoms with Gasteiger partial charge in [0.2, 0.25) is 5.43 Å². The van der Waals surface area contributed by atoms with Crippen molar-refractivity contribution in [2.45, 2.75) is 25.9 Å². The molecule has 0 fully saturated rings. The summed E-state index contributed by atoms with van der Waals surface area (Å²) < 4.78 is 3.33. The van der Waals surface area contributed by atoms with Crippen molar-refractivity contribution in [2.75, 3.05) is 0 Å². The highest BCUT2D eigenvalue weighted by atomic mass is 16.3. The zero-order valence-electron chi connectivity index (χ0n) is 18.2. The van der Waals surface area contributed by atoms with Gasteiger partial charge in [-0.2, -0.15) is 10.2 Å². The first-order chi connectivity index (χ1) is 15.3. The van der Waals surface area contributed by atoms with Gasteiger partial charge >= 0.3 is 0 Å². The first-order valence-electron chi connectivity index (χ1n) is 10.2. The lowest BCUT2D eigenvalue weighted by molar-refractivity contribution is 0.134. The Hall–Kier alpha value is -3.91. The van der Waals surface area contributed by atoms with Crippen LogP contribution in [0.15, 0.2) is 72.2 Å². The summed E-state index contributed by atoms with van der Waals surface area (Å²) in [5.41, 5.74) is 2.81. The lowest BCUT2D eigenvalue weighted by Gasteiger charge is -2.10. The third-order valence-corrected chi connectivity index (χ3v) is 4.75. The molecule has 32 heavy (non-hydrogen) atoms. The van der Waals surface area contributed by atoms with E-state index in [0.29, 0.717) is 17.9 Å². The molecule has 162 valence electrons. The summed E-state index contributed by atoms with van der Waals surface area (Å²) in [4.78, 5) is 21.3. The van der Waals surface area contributed by atoms with Gasteiger partial charge in [-0.3, -0.25) is 9.48 Å². The number of aryl methyl sites for hydroxylation is 1. The van der Waals surface area contributed by atoms with Gasteiger partial charge in [-0.15, -0.1) is 0 Å². The first-order valence-corrected chi connectivity index (χ1v) is 10.2. The fraction of sp³-hybridized carbons (Fsp3) is 0.208. The van der Waals surface area contributed by atoms with Crippen LogP contribution in [0.25, 0.3) is 23.2 Å². The third kappa shape index (κ3) is 5.22. The minimum absolute atomic E-state index is 0.116. The van der Waals surface area contributed by atoms with Crippen LogP contribution in [0.2, 0.25) is 0 Å². The van der Waals surface area contributed by atoms with Gasteiger partial charge < -0.3 is 5.11 Å². The number of aromatic nitrogens is 6. The van der Waals surface area contributed by atoms with E-state index in [1.807, 2.05) is 37.5 Å². The maximum absolute atomic E-state index is 12.4. The summed E-state index contributed by atoms with van der Waals surface area (Å²) in [6.07, 6.45) is 12.5. The van der Waals surface area contributed by atoms with E-state index in [1.54, 1.807) is 60.2 Å².